The van der Waals surface area contributed by atoms with Crippen LogP contribution in [0.4, 0.5) is 10.2 Å². The number of anilines is 1. The summed E-state index contributed by atoms with van der Waals surface area (Å²) in [5.74, 6) is 0.672. The summed E-state index contributed by atoms with van der Waals surface area (Å²) in [6.45, 7) is 1.95. The van der Waals surface area contributed by atoms with E-state index < -0.39 is 0 Å². The van der Waals surface area contributed by atoms with E-state index in [4.69, 9.17) is 0 Å². The quantitative estimate of drug-likeness (QED) is 0.429. The van der Waals surface area contributed by atoms with Crippen molar-refractivity contribution in [3.05, 3.63) is 77.1 Å². The van der Waals surface area contributed by atoms with Crippen LogP contribution in [0.1, 0.15) is 6.42 Å². The highest BCUT2D eigenvalue weighted by Crippen LogP contribution is 2.32. The van der Waals surface area contributed by atoms with Crippen molar-refractivity contribution in [1.29, 1.82) is 0 Å². The summed E-state index contributed by atoms with van der Waals surface area (Å²) < 4.78 is 15.5. The van der Waals surface area contributed by atoms with Crippen LogP contribution in [0, 0.1) is 5.82 Å². The molecule has 0 N–H and O–H groups in total. The van der Waals surface area contributed by atoms with E-state index in [1.54, 1.807) is 29.1 Å². The highest BCUT2D eigenvalue weighted by molar-refractivity contribution is 7.22. The van der Waals surface area contributed by atoms with Gasteiger partial charge in [-0.1, -0.05) is 12.1 Å². The van der Waals surface area contributed by atoms with Gasteiger partial charge < -0.3 is 9.80 Å². The zero-order valence-corrected chi connectivity index (χ0v) is 19.5. The summed E-state index contributed by atoms with van der Waals surface area (Å²) in [6, 6.07) is 14.8. The van der Waals surface area contributed by atoms with Gasteiger partial charge in [0, 0.05) is 35.6 Å². The van der Waals surface area contributed by atoms with Crippen LogP contribution < -0.4 is 10.5 Å². The lowest BCUT2D eigenvalue weighted by atomic mass is 10.2. The molecular weight excluding hydrogens is 447 g/mol. The minimum atomic E-state index is -0.269. The average molecular weight is 471 g/mol. The lowest BCUT2D eigenvalue weighted by Gasteiger charge is -2.21. The first kappa shape index (κ1) is 22.5. The maximum absolute atomic E-state index is 13.2. The Bertz CT molecular complexity index is 1280. The van der Waals surface area contributed by atoms with E-state index in [1.807, 2.05) is 24.3 Å². The summed E-state index contributed by atoms with van der Waals surface area (Å²) in [5, 5.41) is 0.891. The summed E-state index contributed by atoms with van der Waals surface area (Å²) in [7, 11) is 4.22. The van der Waals surface area contributed by atoms with Crippen LogP contribution in [0.2, 0.25) is 0 Å². The van der Waals surface area contributed by atoms with Crippen LogP contribution in [-0.4, -0.2) is 47.7 Å². The van der Waals surface area contributed by atoms with Gasteiger partial charge in [0.05, 0.1) is 11.9 Å². The minimum absolute atomic E-state index is 0. The van der Waals surface area contributed by atoms with Crippen molar-refractivity contribution in [2.75, 3.05) is 32.1 Å². The minimum Gasteiger partial charge on any atom is -0.355 e. The molecule has 1 atom stereocenters. The van der Waals surface area contributed by atoms with Crippen LogP contribution in [0.5, 0.6) is 0 Å². The largest absolute Gasteiger partial charge is 0.355 e. The Morgan fingerprint density at radius 3 is 2.56 bits per heavy atom. The third-order valence-electron chi connectivity index (χ3n) is 5.93. The summed E-state index contributed by atoms with van der Waals surface area (Å²) in [4.78, 5) is 23.3. The molecule has 1 unspecified atom stereocenters. The van der Waals surface area contributed by atoms with Crippen molar-refractivity contribution in [2.45, 2.75) is 12.5 Å². The molecule has 4 heterocycles. The van der Waals surface area contributed by atoms with E-state index in [9.17, 15) is 9.18 Å². The Kier molecular flexibility index (Phi) is 6.33. The van der Waals surface area contributed by atoms with Crippen molar-refractivity contribution in [3.8, 4) is 16.1 Å². The number of thiophene rings is 1. The molecule has 4 aromatic rings. The molecule has 5 nitrogen and oxygen atoms in total. The Balaban J connectivity index is 0.00000245. The summed E-state index contributed by atoms with van der Waals surface area (Å²) in [5.41, 5.74) is 1.58. The first-order chi connectivity index (χ1) is 15.0. The number of likely N-dealkylation sites (N-methyl/N-ethyl adjacent to an activating group) is 1. The molecule has 0 spiro atoms. The fourth-order valence-corrected chi connectivity index (χ4v) is 5.16. The van der Waals surface area contributed by atoms with Crippen molar-refractivity contribution < 1.29 is 4.39 Å². The number of aromatic nitrogens is 2. The van der Waals surface area contributed by atoms with Crippen molar-refractivity contribution in [2.24, 2.45) is 0 Å². The Hall–Kier alpha value is -2.74. The molecule has 0 saturated carbocycles. The van der Waals surface area contributed by atoms with Gasteiger partial charge in [0.15, 0.2) is 0 Å². The first-order valence-corrected chi connectivity index (χ1v) is 11.1. The third kappa shape index (κ3) is 4.16. The van der Waals surface area contributed by atoms with E-state index in [0.29, 0.717) is 10.7 Å². The molecule has 5 rings (SSSR count). The van der Waals surface area contributed by atoms with Crippen molar-refractivity contribution >= 4 is 39.6 Å². The number of halogens is 2. The maximum Gasteiger partial charge on any atom is 0.273 e. The van der Waals surface area contributed by atoms with E-state index in [1.165, 1.54) is 23.5 Å². The second-order valence-corrected chi connectivity index (χ2v) is 9.17. The normalized spacial score (nSPS) is 16.0. The number of rotatable bonds is 4. The monoisotopic (exact) mass is 470 g/mol. The number of hydrogen-bond donors (Lipinski definition) is 0. The lowest BCUT2D eigenvalue weighted by Crippen LogP contribution is -2.31. The fourth-order valence-electron chi connectivity index (χ4n) is 4.07. The maximum atomic E-state index is 13.2. The fraction of sp³-hybridized carbons (Fsp3) is 0.250. The van der Waals surface area contributed by atoms with E-state index in [-0.39, 0.29) is 23.8 Å². The molecule has 0 amide bonds. The van der Waals surface area contributed by atoms with Crippen molar-refractivity contribution in [3.63, 3.8) is 0 Å². The van der Waals surface area contributed by atoms with Gasteiger partial charge in [-0.25, -0.2) is 9.37 Å². The van der Waals surface area contributed by atoms with Crippen LogP contribution in [0.25, 0.3) is 26.2 Å². The molecule has 0 aliphatic carbocycles. The zero-order valence-electron chi connectivity index (χ0n) is 17.9. The Morgan fingerprint density at radius 1 is 1.12 bits per heavy atom. The third-order valence-corrected chi connectivity index (χ3v) is 7.12. The molecule has 1 fully saturated rings. The van der Waals surface area contributed by atoms with Gasteiger partial charge in [-0.2, -0.15) is 0 Å². The highest BCUT2D eigenvalue weighted by Gasteiger charge is 2.24. The van der Waals surface area contributed by atoms with Gasteiger partial charge in [0.25, 0.3) is 5.56 Å². The predicted molar refractivity (Wildman–Crippen MR) is 132 cm³/mol. The molecule has 166 valence electrons. The lowest BCUT2D eigenvalue weighted by molar-refractivity contribution is 0.315. The van der Waals surface area contributed by atoms with Crippen LogP contribution in [0.15, 0.2) is 65.7 Å². The highest BCUT2D eigenvalue weighted by atomic mass is 35.5. The number of pyridine rings is 2. The van der Waals surface area contributed by atoms with Crippen molar-refractivity contribution in [1.82, 2.24) is 14.5 Å². The second kappa shape index (κ2) is 9.02. The topological polar surface area (TPSA) is 41.4 Å². The molecule has 1 aliphatic rings. The molecule has 1 aliphatic heterocycles. The Labute approximate surface area is 196 Å². The predicted octanol–water partition coefficient (Wildman–Crippen LogP) is 4.82. The smallest absolute Gasteiger partial charge is 0.273 e. The van der Waals surface area contributed by atoms with E-state index in [0.717, 1.165) is 46.8 Å². The zero-order chi connectivity index (χ0) is 21.5. The molecule has 1 aromatic carbocycles. The van der Waals surface area contributed by atoms with Gasteiger partial charge in [-0.15, -0.1) is 23.7 Å². The number of fused-ring (bicyclic) bond motifs is 1. The van der Waals surface area contributed by atoms with Crippen LogP contribution in [0.3, 0.4) is 0 Å². The van der Waals surface area contributed by atoms with Gasteiger partial charge in [0.1, 0.15) is 16.3 Å². The summed E-state index contributed by atoms with van der Waals surface area (Å²) >= 11 is 1.43. The van der Waals surface area contributed by atoms with Gasteiger partial charge in [-0.05, 0) is 62.5 Å². The van der Waals surface area contributed by atoms with Gasteiger partial charge in [0.2, 0.25) is 0 Å². The second-order valence-electron chi connectivity index (χ2n) is 8.12. The molecular formula is C24H24ClFN4OS. The SMILES string of the molecule is CN(C)C1CCN(c2ccc(-n3ccc4cc(-c5ccc(F)cc5)sc4c3=O)cn2)C1.Cl. The molecule has 32 heavy (non-hydrogen) atoms. The molecule has 0 radical (unpaired) electrons. The van der Waals surface area contributed by atoms with E-state index in [2.05, 4.69) is 28.9 Å². The molecule has 8 heteroatoms. The molecule has 3 aromatic heterocycles. The number of nitrogens with zero attached hydrogens (tertiary/aromatic N) is 4. The standard InChI is InChI=1S/C24H23FN4OS.ClH/c1-27(2)20-10-11-28(15-20)22-8-7-19(14-26-22)29-12-9-17-13-21(31-23(17)24(29)30)16-3-5-18(25)6-4-16;/h3-9,12-14,20H,10-11,15H2,1-2H3;1H. The van der Waals surface area contributed by atoms with Crippen LogP contribution in [-0.2, 0) is 0 Å². The van der Waals surface area contributed by atoms with Gasteiger partial charge >= 0.3 is 0 Å². The average Bonchev–Trinajstić information content (AvgIpc) is 3.43. The first-order valence-electron chi connectivity index (χ1n) is 10.3. The molecule has 1 saturated heterocycles. The Morgan fingerprint density at radius 2 is 1.91 bits per heavy atom. The van der Waals surface area contributed by atoms with E-state index >= 15 is 0 Å². The number of hydrogen-bond acceptors (Lipinski definition) is 5. The molecule has 0 bridgehead atoms. The number of benzene rings is 1. The van der Waals surface area contributed by atoms with Gasteiger partial charge in [-0.3, -0.25) is 9.36 Å². The summed E-state index contributed by atoms with van der Waals surface area (Å²) in [6.07, 6.45) is 4.68. The van der Waals surface area contributed by atoms with Crippen LogP contribution >= 0.6 is 23.7 Å².